The lowest BCUT2D eigenvalue weighted by Gasteiger charge is -2.14. The Balaban J connectivity index is 1.32. The molecule has 1 aliphatic rings. The van der Waals surface area contributed by atoms with E-state index in [1.54, 1.807) is 0 Å². The van der Waals surface area contributed by atoms with Crippen LogP contribution in [0.25, 0.3) is 17.0 Å². The van der Waals surface area contributed by atoms with Gasteiger partial charge in [0, 0.05) is 29.2 Å². The van der Waals surface area contributed by atoms with Gasteiger partial charge in [-0.25, -0.2) is 0 Å². The molecule has 1 saturated heterocycles. The van der Waals surface area contributed by atoms with Crippen LogP contribution in [-0.2, 0) is 11.3 Å². The number of amides is 1. The third kappa shape index (κ3) is 5.37. The standard InChI is InChI=1S/C30H29N3O3S/c1-3-35-24-15-11-23(12-16-24)33-29(34)27(31-30(33)37)19-22-20-32(28-8-5-4-7-26(22)28)17-6-18-36-25-13-9-21(2)10-14-25/h4-5,7-16,19-20H,3,6,17-18H2,1-2H3,(H,31,37)/b27-19-. The van der Waals surface area contributed by atoms with Gasteiger partial charge in [-0.1, -0.05) is 35.9 Å². The van der Waals surface area contributed by atoms with Gasteiger partial charge < -0.3 is 19.4 Å². The van der Waals surface area contributed by atoms with Gasteiger partial charge in [0.15, 0.2) is 5.11 Å². The van der Waals surface area contributed by atoms with Crippen molar-refractivity contribution in [2.24, 2.45) is 0 Å². The number of nitrogens with zero attached hydrogens (tertiary/aromatic N) is 2. The largest absolute Gasteiger partial charge is 0.494 e. The number of anilines is 1. The summed E-state index contributed by atoms with van der Waals surface area (Å²) in [5, 5.41) is 4.53. The summed E-state index contributed by atoms with van der Waals surface area (Å²) >= 11 is 5.50. The zero-order valence-corrected chi connectivity index (χ0v) is 21.8. The number of aromatic nitrogens is 1. The molecule has 188 valence electrons. The van der Waals surface area contributed by atoms with Crippen molar-refractivity contribution in [1.82, 2.24) is 9.88 Å². The predicted molar refractivity (Wildman–Crippen MR) is 152 cm³/mol. The van der Waals surface area contributed by atoms with Crippen LogP contribution in [-0.4, -0.2) is 28.8 Å². The van der Waals surface area contributed by atoms with E-state index in [2.05, 4.69) is 47.3 Å². The summed E-state index contributed by atoms with van der Waals surface area (Å²) in [4.78, 5) is 14.8. The van der Waals surface area contributed by atoms with Crippen molar-refractivity contribution in [1.29, 1.82) is 0 Å². The highest BCUT2D eigenvalue weighted by Crippen LogP contribution is 2.28. The normalized spacial score (nSPS) is 14.4. The van der Waals surface area contributed by atoms with E-state index in [0.717, 1.165) is 40.9 Å². The Labute approximate surface area is 222 Å². The highest BCUT2D eigenvalue weighted by atomic mass is 32.1. The zero-order chi connectivity index (χ0) is 25.8. The highest BCUT2D eigenvalue weighted by Gasteiger charge is 2.32. The van der Waals surface area contributed by atoms with Crippen molar-refractivity contribution in [3.63, 3.8) is 0 Å². The molecule has 0 saturated carbocycles. The number of fused-ring (bicyclic) bond motifs is 1. The quantitative estimate of drug-likeness (QED) is 0.168. The molecule has 1 fully saturated rings. The smallest absolute Gasteiger partial charge is 0.281 e. The second-order valence-electron chi connectivity index (χ2n) is 8.87. The molecule has 1 N–H and O–H groups in total. The third-order valence-electron chi connectivity index (χ3n) is 6.24. The molecular weight excluding hydrogens is 482 g/mol. The van der Waals surface area contributed by atoms with Crippen molar-refractivity contribution in [3.05, 3.63) is 95.8 Å². The molecule has 3 aromatic carbocycles. The molecule has 1 amide bonds. The molecule has 0 aliphatic carbocycles. The topological polar surface area (TPSA) is 55.7 Å². The van der Waals surface area contributed by atoms with Gasteiger partial charge in [-0.2, -0.15) is 0 Å². The van der Waals surface area contributed by atoms with Crippen LogP contribution in [0.1, 0.15) is 24.5 Å². The molecule has 2 heterocycles. The summed E-state index contributed by atoms with van der Waals surface area (Å²) in [6.07, 6.45) is 4.82. The fraction of sp³-hybridized carbons (Fsp3) is 0.200. The lowest BCUT2D eigenvalue weighted by Crippen LogP contribution is -2.30. The van der Waals surface area contributed by atoms with Crippen LogP contribution in [0.4, 0.5) is 5.69 Å². The van der Waals surface area contributed by atoms with Gasteiger partial charge in [-0.05, 0) is 81.0 Å². The maximum atomic E-state index is 13.3. The maximum absolute atomic E-state index is 13.3. The van der Waals surface area contributed by atoms with Crippen LogP contribution in [0.15, 0.2) is 84.7 Å². The number of thiocarbonyl (C=S) groups is 1. The Morgan fingerprint density at radius 3 is 2.41 bits per heavy atom. The SMILES string of the molecule is CCOc1ccc(N2C(=O)/C(=C/c3cn(CCCOc4ccc(C)cc4)c4ccccc34)NC2=S)cc1. The van der Waals surface area contributed by atoms with Crippen molar-refractivity contribution < 1.29 is 14.3 Å². The number of benzene rings is 3. The summed E-state index contributed by atoms with van der Waals surface area (Å²) in [5.41, 5.74) is 4.43. The second-order valence-corrected chi connectivity index (χ2v) is 9.25. The van der Waals surface area contributed by atoms with Crippen LogP contribution in [0.3, 0.4) is 0 Å². The Bertz CT molecular complexity index is 1460. The van der Waals surface area contributed by atoms with E-state index in [-0.39, 0.29) is 5.91 Å². The van der Waals surface area contributed by atoms with Gasteiger partial charge in [-0.15, -0.1) is 0 Å². The molecule has 1 aliphatic heterocycles. The third-order valence-corrected chi connectivity index (χ3v) is 6.52. The number of rotatable bonds is 9. The average molecular weight is 512 g/mol. The first-order chi connectivity index (χ1) is 18.0. The molecular formula is C30H29N3O3S. The summed E-state index contributed by atoms with van der Waals surface area (Å²) in [5.74, 6) is 1.45. The molecule has 0 bridgehead atoms. The van der Waals surface area contributed by atoms with Crippen molar-refractivity contribution in [3.8, 4) is 11.5 Å². The molecule has 37 heavy (non-hydrogen) atoms. The number of nitrogens with one attached hydrogen (secondary N) is 1. The number of carbonyl (C=O) groups excluding carboxylic acids is 1. The molecule has 5 rings (SSSR count). The van der Waals surface area contributed by atoms with E-state index in [4.69, 9.17) is 21.7 Å². The van der Waals surface area contributed by atoms with Crippen LogP contribution in [0, 0.1) is 6.92 Å². The number of hydrogen-bond donors (Lipinski definition) is 1. The van der Waals surface area contributed by atoms with Gasteiger partial charge in [-0.3, -0.25) is 9.69 Å². The molecule has 0 atom stereocenters. The van der Waals surface area contributed by atoms with Gasteiger partial charge >= 0.3 is 0 Å². The fourth-order valence-corrected chi connectivity index (χ4v) is 4.72. The minimum absolute atomic E-state index is 0.183. The number of ether oxygens (including phenoxy) is 2. The monoisotopic (exact) mass is 511 g/mol. The van der Waals surface area contributed by atoms with E-state index < -0.39 is 0 Å². The molecule has 7 heteroatoms. The van der Waals surface area contributed by atoms with E-state index >= 15 is 0 Å². The zero-order valence-electron chi connectivity index (χ0n) is 20.9. The number of aryl methyl sites for hydroxylation is 2. The molecule has 0 unspecified atom stereocenters. The summed E-state index contributed by atoms with van der Waals surface area (Å²) < 4.78 is 13.6. The first kappa shape index (κ1) is 24.6. The molecule has 1 aromatic heterocycles. The van der Waals surface area contributed by atoms with E-state index in [1.807, 2.05) is 61.5 Å². The Hall–Kier alpha value is -4.10. The lowest BCUT2D eigenvalue weighted by atomic mass is 10.1. The fourth-order valence-electron chi connectivity index (χ4n) is 4.42. The summed E-state index contributed by atoms with van der Waals surface area (Å²) in [6, 6.07) is 23.7. The van der Waals surface area contributed by atoms with E-state index in [1.165, 1.54) is 10.5 Å². The Morgan fingerprint density at radius 1 is 0.946 bits per heavy atom. The number of para-hydroxylation sites is 1. The van der Waals surface area contributed by atoms with Gasteiger partial charge in [0.2, 0.25) is 0 Å². The average Bonchev–Trinajstić information content (AvgIpc) is 3.40. The van der Waals surface area contributed by atoms with Crippen LogP contribution in [0.5, 0.6) is 11.5 Å². The minimum atomic E-state index is -0.183. The van der Waals surface area contributed by atoms with Crippen molar-refractivity contribution >= 4 is 45.9 Å². The molecule has 4 aromatic rings. The van der Waals surface area contributed by atoms with E-state index in [0.29, 0.717) is 29.7 Å². The first-order valence-electron chi connectivity index (χ1n) is 12.4. The second kappa shape index (κ2) is 10.9. The Morgan fingerprint density at radius 2 is 1.65 bits per heavy atom. The molecule has 0 radical (unpaired) electrons. The van der Waals surface area contributed by atoms with Crippen molar-refractivity contribution in [2.45, 2.75) is 26.8 Å². The summed E-state index contributed by atoms with van der Waals surface area (Å²) in [6.45, 7) is 6.01. The molecule has 0 spiro atoms. The summed E-state index contributed by atoms with van der Waals surface area (Å²) in [7, 11) is 0. The maximum Gasteiger partial charge on any atom is 0.281 e. The van der Waals surface area contributed by atoms with Gasteiger partial charge in [0.1, 0.15) is 17.2 Å². The Kier molecular flexibility index (Phi) is 7.23. The van der Waals surface area contributed by atoms with Gasteiger partial charge in [0.05, 0.1) is 18.9 Å². The highest BCUT2D eigenvalue weighted by molar-refractivity contribution is 7.80. The van der Waals surface area contributed by atoms with Crippen LogP contribution >= 0.6 is 12.2 Å². The number of hydrogen-bond acceptors (Lipinski definition) is 4. The predicted octanol–water partition coefficient (Wildman–Crippen LogP) is 6.08. The number of carbonyl (C=O) groups is 1. The van der Waals surface area contributed by atoms with E-state index in [9.17, 15) is 4.79 Å². The molecule has 6 nitrogen and oxygen atoms in total. The van der Waals surface area contributed by atoms with Crippen LogP contribution in [0.2, 0.25) is 0 Å². The van der Waals surface area contributed by atoms with Gasteiger partial charge in [0.25, 0.3) is 5.91 Å². The van der Waals surface area contributed by atoms with Crippen molar-refractivity contribution in [2.75, 3.05) is 18.1 Å². The van der Waals surface area contributed by atoms with Crippen LogP contribution < -0.4 is 19.7 Å². The minimum Gasteiger partial charge on any atom is -0.494 e. The first-order valence-corrected chi connectivity index (χ1v) is 12.8. The lowest BCUT2D eigenvalue weighted by molar-refractivity contribution is -0.113.